The largest absolute Gasteiger partial charge is 0.375 e. The smallest absolute Gasteiger partial charge is 0.188 e. The van der Waals surface area contributed by atoms with E-state index in [-0.39, 0.29) is 0 Å². The fourth-order valence-electron chi connectivity index (χ4n) is 3.67. The van der Waals surface area contributed by atoms with Gasteiger partial charge in [-0.2, -0.15) is 0 Å². The molecule has 31 heavy (non-hydrogen) atoms. The molecule has 0 spiro atoms. The molecule has 0 aliphatic carbocycles. The topological polar surface area (TPSA) is 92.8 Å². The molecule has 0 atom stereocenters. The van der Waals surface area contributed by atoms with E-state index in [1.807, 2.05) is 31.3 Å². The molecule has 1 aliphatic rings. The van der Waals surface area contributed by atoms with Gasteiger partial charge in [-0.05, 0) is 50.0 Å². The summed E-state index contributed by atoms with van der Waals surface area (Å²) >= 11 is 3.09. The minimum Gasteiger partial charge on any atom is -0.375 e. The summed E-state index contributed by atoms with van der Waals surface area (Å²) in [6.45, 7) is 4.05. The number of nitrogens with zero attached hydrogens (tertiary/aromatic N) is 5. The number of fused-ring (bicyclic) bond motifs is 1. The maximum atomic E-state index is 5.80. The van der Waals surface area contributed by atoms with Crippen LogP contribution in [0.25, 0.3) is 22.4 Å². The number of nitrogen functional groups attached to an aromatic ring is 1. The van der Waals surface area contributed by atoms with Crippen LogP contribution in [0.5, 0.6) is 0 Å². The van der Waals surface area contributed by atoms with E-state index in [1.54, 1.807) is 11.3 Å². The Bertz CT molecular complexity index is 1240. The Balaban J connectivity index is 1.30. The Hall–Kier alpha value is -3.04. The van der Waals surface area contributed by atoms with Gasteiger partial charge in [0.25, 0.3) is 0 Å². The summed E-state index contributed by atoms with van der Waals surface area (Å²) in [6.07, 6.45) is 9.75. The molecule has 9 heteroatoms. The van der Waals surface area contributed by atoms with Gasteiger partial charge in [-0.15, -0.1) is 0 Å². The van der Waals surface area contributed by atoms with Crippen molar-refractivity contribution in [2.24, 2.45) is 0 Å². The van der Waals surface area contributed by atoms with Gasteiger partial charge in [0.2, 0.25) is 0 Å². The summed E-state index contributed by atoms with van der Waals surface area (Å²) in [4.78, 5) is 21.4. The normalized spacial score (nSPS) is 14.5. The minimum absolute atomic E-state index is 0.595. The fourth-order valence-corrected chi connectivity index (χ4v) is 5.18. The van der Waals surface area contributed by atoms with Gasteiger partial charge in [0.05, 0.1) is 10.2 Å². The van der Waals surface area contributed by atoms with E-state index in [1.165, 1.54) is 30.6 Å². The average Bonchev–Trinajstić information content (AvgIpc) is 3.37. The Morgan fingerprint density at radius 3 is 2.77 bits per heavy atom. The van der Waals surface area contributed by atoms with E-state index < -0.39 is 0 Å². The number of aromatic nitrogens is 4. The highest BCUT2D eigenvalue weighted by atomic mass is 32.1. The Morgan fingerprint density at radius 2 is 1.90 bits per heavy atom. The van der Waals surface area contributed by atoms with Crippen molar-refractivity contribution in [3.05, 3.63) is 46.7 Å². The molecule has 5 rings (SSSR count). The van der Waals surface area contributed by atoms with Gasteiger partial charge in [0.1, 0.15) is 17.5 Å². The third kappa shape index (κ3) is 4.67. The van der Waals surface area contributed by atoms with E-state index >= 15 is 0 Å². The first kappa shape index (κ1) is 19.9. The van der Waals surface area contributed by atoms with Gasteiger partial charge >= 0.3 is 0 Å². The van der Waals surface area contributed by atoms with E-state index in [9.17, 15) is 0 Å². The summed E-state index contributed by atoms with van der Waals surface area (Å²) in [5.41, 5.74) is 7.84. The number of nitrogens with two attached hydrogens (primary N) is 1. The molecule has 3 N–H and O–H groups in total. The molecule has 0 amide bonds. The molecule has 0 bridgehead atoms. The number of aryl methyl sites for hydroxylation is 1. The lowest BCUT2D eigenvalue weighted by Crippen LogP contribution is -2.30. The standard InChI is InChI=1S/C22H23N7S2/c1-14-25-19(12-20(26-14)29-9-3-2-4-10-29)28-22-24-13-16(30-22)7-5-15-6-8-17-18(11-15)31-21(23)27-17/h5-8,11-13H,2-4,9-10H2,1H3,(H2,23,27)(H,24,25,26,28)/b7-5+. The minimum atomic E-state index is 0.595. The predicted octanol–water partition coefficient (Wildman–Crippen LogP) is 5.34. The van der Waals surface area contributed by atoms with Gasteiger partial charge < -0.3 is 16.0 Å². The number of benzene rings is 1. The highest BCUT2D eigenvalue weighted by Crippen LogP contribution is 2.28. The van der Waals surface area contributed by atoms with Gasteiger partial charge in [-0.3, -0.25) is 0 Å². The van der Waals surface area contributed by atoms with Crippen molar-refractivity contribution in [2.45, 2.75) is 26.2 Å². The van der Waals surface area contributed by atoms with Gasteiger partial charge in [0, 0.05) is 30.2 Å². The van der Waals surface area contributed by atoms with Gasteiger partial charge in [-0.25, -0.2) is 19.9 Å². The SMILES string of the molecule is Cc1nc(Nc2ncc(/C=C/c3ccc4nc(N)sc4c3)s2)cc(N2CCCCC2)n1. The Kier molecular flexibility index (Phi) is 5.52. The summed E-state index contributed by atoms with van der Waals surface area (Å²) in [6, 6.07) is 8.17. The van der Waals surface area contributed by atoms with E-state index in [0.29, 0.717) is 5.13 Å². The van der Waals surface area contributed by atoms with Gasteiger partial charge in [0.15, 0.2) is 10.3 Å². The van der Waals surface area contributed by atoms with E-state index in [4.69, 9.17) is 5.73 Å². The van der Waals surface area contributed by atoms with Crippen molar-refractivity contribution in [1.29, 1.82) is 0 Å². The molecular formula is C22H23N7S2. The summed E-state index contributed by atoms with van der Waals surface area (Å²) in [7, 11) is 0. The average molecular weight is 450 g/mol. The predicted molar refractivity (Wildman–Crippen MR) is 131 cm³/mol. The van der Waals surface area contributed by atoms with Crippen molar-refractivity contribution in [3.63, 3.8) is 0 Å². The maximum absolute atomic E-state index is 5.80. The second-order valence-corrected chi connectivity index (χ2v) is 9.64. The third-order valence-electron chi connectivity index (χ3n) is 5.13. The van der Waals surface area contributed by atoms with Crippen molar-refractivity contribution >= 4 is 66.9 Å². The zero-order valence-corrected chi connectivity index (χ0v) is 18.8. The monoisotopic (exact) mass is 449 g/mol. The highest BCUT2D eigenvalue weighted by Gasteiger charge is 2.14. The molecular weight excluding hydrogens is 426 g/mol. The number of anilines is 4. The van der Waals surface area contributed by atoms with Crippen LogP contribution in [0, 0.1) is 6.92 Å². The van der Waals surface area contributed by atoms with Crippen LogP contribution in [0.4, 0.5) is 21.9 Å². The van der Waals surface area contributed by atoms with Crippen LogP contribution >= 0.6 is 22.7 Å². The van der Waals surface area contributed by atoms with Crippen molar-refractivity contribution in [1.82, 2.24) is 19.9 Å². The van der Waals surface area contributed by atoms with Crippen LogP contribution < -0.4 is 16.0 Å². The summed E-state index contributed by atoms with van der Waals surface area (Å²) < 4.78 is 1.09. The van der Waals surface area contributed by atoms with Crippen LogP contribution in [0.3, 0.4) is 0 Å². The number of nitrogens with one attached hydrogen (secondary N) is 1. The van der Waals surface area contributed by atoms with E-state index in [0.717, 1.165) is 56.3 Å². The number of hydrogen-bond acceptors (Lipinski definition) is 9. The molecule has 1 saturated heterocycles. The van der Waals surface area contributed by atoms with Crippen LogP contribution in [-0.2, 0) is 0 Å². The molecule has 1 aromatic carbocycles. The van der Waals surface area contributed by atoms with Crippen molar-refractivity contribution in [3.8, 4) is 0 Å². The first-order valence-electron chi connectivity index (χ1n) is 10.3. The molecule has 0 unspecified atom stereocenters. The molecule has 1 fully saturated rings. The van der Waals surface area contributed by atoms with Crippen LogP contribution in [0.1, 0.15) is 35.5 Å². The molecule has 3 aromatic heterocycles. The second-order valence-electron chi connectivity index (χ2n) is 7.51. The number of rotatable bonds is 5. The Morgan fingerprint density at radius 1 is 1.03 bits per heavy atom. The quantitative estimate of drug-likeness (QED) is 0.425. The fraction of sp³-hybridized carbons (Fsp3) is 0.273. The number of piperidine rings is 1. The van der Waals surface area contributed by atoms with Gasteiger partial charge in [-0.1, -0.05) is 34.8 Å². The molecule has 158 valence electrons. The molecule has 1 aliphatic heterocycles. The Labute approximate surface area is 188 Å². The van der Waals surface area contributed by atoms with Crippen molar-refractivity contribution < 1.29 is 0 Å². The first-order chi connectivity index (χ1) is 15.1. The molecule has 4 heterocycles. The lowest BCUT2D eigenvalue weighted by Gasteiger charge is -2.28. The lowest BCUT2D eigenvalue weighted by molar-refractivity contribution is 0.572. The maximum Gasteiger partial charge on any atom is 0.188 e. The molecule has 0 radical (unpaired) electrons. The lowest BCUT2D eigenvalue weighted by atomic mass is 10.1. The summed E-state index contributed by atoms with van der Waals surface area (Å²) in [5.74, 6) is 2.54. The molecule has 7 nitrogen and oxygen atoms in total. The van der Waals surface area contributed by atoms with Crippen LogP contribution in [-0.4, -0.2) is 33.0 Å². The summed E-state index contributed by atoms with van der Waals surface area (Å²) in [5, 5.41) is 4.75. The third-order valence-corrected chi connectivity index (χ3v) is 6.86. The van der Waals surface area contributed by atoms with E-state index in [2.05, 4.69) is 48.4 Å². The first-order valence-corrected chi connectivity index (χ1v) is 11.9. The van der Waals surface area contributed by atoms with Crippen LogP contribution in [0.15, 0.2) is 30.5 Å². The molecule has 0 saturated carbocycles. The van der Waals surface area contributed by atoms with Crippen LogP contribution in [0.2, 0.25) is 0 Å². The number of thiazole rings is 2. The van der Waals surface area contributed by atoms with Crippen molar-refractivity contribution in [2.75, 3.05) is 29.0 Å². The highest BCUT2D eigenvalue weighted by molar-refractivity contribution is 7.22. The number of hydrogen-bond donors (Lipinski definition) is 2. The second kappa shape index (κ2) is 8.60. The zero-order chi connectivity index (χ0) is 21.2. The zero-order valence-electron chi connectivity index (χ0n) is 17.2. The molecule has 4 aromatic rings.